The lowest BCUT2D eigenvalue weighted by atomic mass is 9.74. The summed E-state index contributed by atoms with van der Waals surface area (Å²) >= 11 is 12.0. The third kappa shape index (κ3) is 5.81. The fourth-order valence-corrected chi connectivity index (χ4v) is 5.86. The van der Waals surface area contributed by atoms with Crippen molar-refractivity contribution < 1.29 is 41.4 Å². The predicted octanol–water partition coefficient (Wildman–Crippen LogP) is 5.20. The van der Waals surface area contributed by atoms with Crippen molar-refractivity contribution in [2.24, 2.45) is 5.41 Å². The Kier molecular flexibility index (Phi) is 8.86. The number of anilines is 1. The van der Waals surface area contributed by atoms with Crippen LogP contribution in [0.25, 0.3) is 0 Å². The molecule has 1 heterocycles. The van der Waals surface area contributed by atoms with Crippen LogP contribution in [0.3, 0.4) is 0 Å². The van der Waals surface area contributed by atoms with Crippen molar-refractivity contribution in [1.29, 1.82) is 0 Å². The molecule has 0 radical (unpaired) electrons. The number of carbonyl (C=O) groups is 3. The molecule has 1 amide bonds. The second-order valence-electron chi connectivity index (χ2n) is 9.51. The van der Waals surface area contributed by atoms with Crippen LogP contribution in [0.4, 0.5) is 27.6 Å². The van der Waals surface area contributed by atoms with E-state index in [0.29, 0.717) is 11.3 Å². The Bertz CT molecular complexity index is 1620. The first-order valence-corrected chi connectivity index (χ1v) is 13.4. The number of pyridine rings is 1. The van der Waals surface area contributed by atoms with E-state index in [4.69, 9.17) is 23.2 Å². The highest BCUT2D eigenvalue weighted by molar-refractivity contribution is 8.04. The number of allylic oxidation sites excluding steroid dienone is 2. The summed E-state index contributed by atoms with van der Waals surface area (Å²) in [5.74, 6) is -13.9. The average molecular weight is 645 g/mol. The minimum absolute atomic E-state index is 0.00155. The number of carboxylic acid groups (broad SMARTS) is 1. The molecule has 1 aliphatic carbocycles. The smallest absolute Gasteiger partial charge is 0.258 e. The number of benzene rings is 2. The average Bonchev–Trinajstić information content (AvgIpc) is 2.94. The van der Waals surface area contributed by atoms with Gasteiger partial charge in [0, 0.05) is 23.8 Å². The molecule has 0 aliphatic heterocycles. The predicted molar refractivity (Wildman–Crippen MR) is 142 cm³/mol. The van der Waals surface area contributed by atoms with E-state index in [1.54, 1.807) is 0 Å². The van der Waals surface area contributed by atoms with E-state index in [0.717, 1.165) is 0 Å². The van der Waals surface area contributed by atoms with Gasteiger partial charge in [-0.15, -0.1) is 0 Å². The maximum absolute atomic E-state index is 14.3. The van der Waals surface area contributed by atoms with Crippen LogP contribution in [0, 0.1) is 34.5 Å². The molecule has 7 nitrogen and oxygen atoms in total. The summed E-state index contributed by atoms with van der Waals surface area (Å²) in [6.07, 6.45) is 2.28. The zero-order valence-corrected chi connectivity index (χ0v) is 23.7. The van der Waals surface area contributed by atoms with Crippen LogP contribution in [0.2, 0.25) is 10.0 Å². The number of halogens is 7. The molecule has 15 heteroatoms. The van der Waals surface area contributed by atoms with Crippen molar-refractivity contribution in [2.45, 2.75) is 31.2 Å². The van der Waals surface area contributed by atoms with Gasteiger partial charge in [0.25, 0.3) is 5.91 Å². The van der Waals surface area contributed by atoms with Crippen LogP contribution >= 0.6 is 35.0 Å². The Balaban J connectivity index is 1.55. The molecule has 2 aromatic carbocycles. The molecule has 0 fully saturated rings. The Hall–Kier alpha value is -3.68. The number of carboxylic acids is 1. The Morgan fingerprint density at radius 1 is 0.952 bits per heavy atom. The summed E-state index contributed by atoms with van der Waals surface area (Å²) in [6.45, 7) is 2.79. The quantitative estimate of drug-likeness (QED) is 0.187. The van der Waals surface area contributed by atoms with Crippen LogP contribution in [0.1, 0.15) is 29.8 Å². The van der Waals surface area contributed by atoms with Crippen LogP contribution in [0.15, 0.2) is 52.2 Å². The lowest BCUT2D eigenvalue weighted by Gasteiger charge is -2.41. The summed E-state index contributed by atoms with van der Waals surface area (Å²) < 4.78 is 69.3. The monoisotopic (exact) mass is 644 g/mol. The van der Waals surface area contributed by atoms with E-state index in [2.05, 4.69) is 15.6 Å². The van der Waals surface area contributed by atoms with E-state index in [9.17, 15) is 41.4 Å². The first-order valence-electron chi connectivity index (χ1n) is 11.8. The number of Topliss-reactive ketones (excluding diaryl/α,β-unsaturated/α-hetero) is 1. The molecule has 42 heavy (non-hydrogen) atoms. The molecule has 0 saturated carbocycles. The number of rotatable bonds is 9. The summed E-state index contributed by atoms with van der Waals surface area (Å²) in [4.78, 5) is 39.3. The van der Waals surface area contributed by atoms with Gasteiger partial charge in [0.2, 0.25) is 5.82 Å². The first-order chi connectivity index (χ1) is 19.6. The number of amides is 1. The van der Waals surface area contributed by atoms with Crippen molar-refractivity contribution in [3.63, 3.8) is 0 Å². The highest BCUT2D eigenvalue weighted by atomic mass is 35.5. The standard InChI is InChI=1S/C27H18Cl2F5N3O4S/c1-27(2)23(22(24(27)38)42-21-19(33)17(31)16(30)18(32)20(21)34)37-14(26(40)41)7-10-3-5-11(6-4-10)36-25(39)15-12(28)8-35-9-13(15)29/h3-6,8-9,14,37H,7H2,1-2H3,(H,36,39)(H,40,41)/p-1/t14-/m0/s1. The van der Waals surface area contributed by atoms with Gasteiger partial charge in [-0.25, -0.2) is 22.0 Å². The molecular weight excluding hydrogens is 628 g/mol. The maximum atomic E-state index is 14.3. The Morgan fingerprint density at radius 2 is 1.48 bits per heavy atom. The number of aromatic nitrogens is 1. The van der Waals surface area contributed by atoms with Gasteiger partial charge < -0.3 is 20.5 Å². The summed E-state index contributed by atoms with van der Waals surface area (Å²) in [5, 5.41) is 17.2. The largest absolute Gasteiger partial charge is 0.548 e. The topological polar surface area (TPSA) is 111 Å². The fourth-order valence-electron chi connectivity index (χ4n) is 4.00. The molecule has 0 bridgehead atoms. The summed E-state index contributed by atoms with van der Waals surface area (Å²) in [5.41, 5.74) is -0.674. The number of nitrogens with one attached hydrogen (secondary N) is 2. The minimum atomic E-state index is -2.35. The molecule has 1 aliphatic rings. The number of aliphatic carboxylic acids is 1. The lowest BCUT2D eigenvalue weighted by Crippen LogP contribution is -2.53. The maximum Gasteiger partial charge on any atom is 0.258 e. The Labute approximate surface area is 249 Å². The number of nitrogens with zero attached hydrogens (tertiary/aromatic N) is 1. The molecular formula is C27H17Cl2F5N3O4S-. The van der Waals surface area contributed by atoms with Crippen molar-refractivity contribution >= 4 is 58.3 Å². The summed E-state index contributed by atoms with van der Waals surface area (Å²) in [6, 6.07) is 4.47. The molecule has 0 unspecified atom stereocenters. The zero-order valence-electron chi connectivity index (χ0n) is 21.4. The van der Waals surface area contributed by atoms with Crippen molar-refractivity contribution in [3.8, 4) is 0 Å². The molecule has 0 saturated heterocycles. The molecule has 1 atom stereocenters. The van der Waals surface area contributed by atoms with E-state index < -0.39 is 68.0 Å². The van der Waals surface area contributed by atoms with Crippen molar-refractivity contribution in [3.05, 3.63) is 97.5 Å². The van der Waals surface area contributed by atoms with Crippen molar-refractivity contribution in [1.82, 2.24) is 10.3 Å². The van der Waals surface area contributed by atoms with Crippen LogP contribution < -0.4 is 15.7 Å². The van der Waals surface area contributed by atoms with Gasteiger partial charge >= 0.3 is 0 Å². The van der Waals surface area contributed by atoms with Gasteiger partial charge in [-0.2, -0.15) is 0 Å². The Morgan fingerprint density at radius 3 is 2.00 bits per heavy atom. The van der Waals surface area contributed by atoms with Gasteiger partial charge in [0.15, 0.2) is 29.1 Å². The molecule has 220 valence electrons. The van der Waals surface area contributed by atoms with Gasteiger partial charge in [0.1, 0.15) is 0 Å². The van der Waals surface area contributed by atoms with Crippen LogP contribution in [0.5, 0.6) is 0 Å². The second kappa shape index (κ2) is 11.9. The third-order valence-electron chi connectivity index (χ3n) is 6.33. The van der Waals surface area contributed by atoms with E-state index in [-0.39, 0.29) is 39.5 Å². The SMILES string of the molecule is CC1(C)C(=O)C(Sc2c(F)c(F)c(F)c(F)c2F)=C1N[C@@H](Cc1ccc(NC(=O)c2c(Cl)cncc2Cl)cc1)C(=O)[O-]. The number of thioether (sulfide) groups is 1. The number of hydrogen-bond donors (Lipinski definition) is 2. The minimum Gasteiger partial charge on any atom is -0.548 e. The molecule has 1 aromatic heterocycles. The molecule has 4 rings (SSSR count). The van der Waals surface area contributed by atoms with E-state index in [1.165, 1.54) is 50.5 Å². The first kappa shape index (κ1) is 31.3. The van der Waals surface area contributed by atoms with Crippen LogP contribution in [-0.2, 0) is 16.0 Å². The van der Waals surface area contributed by atoms with Gasteiger partial charge in [0.05, 0.1) is 42.8 Å². The van der Waals surface area contributed by atoms with Crippen LogP contribution in [-0.4, -0.2) is 28.7 Å². The third-order valence-corrected chi connectivity index (χ3v) is 8.06. The molecule has 2 N–H and O–H groups in total. The van der Waals surface area contributed by atoms with Crippen molar-refractivity contribution in [2.75, 3.05) is 5.32 Å². The van der Waals surface area contributed by atoms with Gasteiger partial charge in [-0.1, -0.05) is 47.1 Å². The summed E-state index contributed by atoms with van der Waals surface area (Å²) in [7, 11) is 0. The number of hydrogen-bond acceptors (Lipinski definition) is 7. The second-order valence-corrected chi connectivity index (χ2v) is 11.3. The van der Waals surface area contributed by atoms with Gasteiger partial charge in [-0.3, -0.25) is 14.6 Å². The van der Waals surface area contributed by atoms with Gasteiger partial charge in [-0.05, 0) is 38.0 Å². The zero-order chi connectivity index (χ0) is 31.1. The molecule has 0 spiro atoms. The van der Waals surface area contributed by atoms with E-state index >= 15 is 0 Å². The fraction of sp³-hybridized carbons (Fsp3) is 0.185. The molecule has 3 aromatic rings. The number of carbonyl (C=O) groups excluding carboxylic acids is 3. The lowest BCUT2D eigenvalue weighted by molar-refractivity contribution is -0.308. The highest BCUT2D eigenvalue weighted by Crippen LogP contribution is 2.49. The van der Waals surface area contributed by atoms with E-state index in [1.807, 2.05) is 0 Å². The number of ketones is 1. The highest BCUT2D eigenvalue weighted by Gasteiger charge is 2.48. The normalized spacial score (nSPS) is 14.8.